The number of benzene rings is 1. The van der Waals surface area contributed by atoms with Gasteiger partial charge in [-0.2, -0.15) is 0 Å². The standard InChI is InChI=1S/C12H15NO2/c1-9-4-3-5-10-11(9)8-13(12(10)14)6-7-15-2/h3-5,8,14H,6-7H2,1-2H3. The van der Waals surface area contributed by atoms with Gasteiger partial charge in [0.25, 0.3) is 0 Å². The lowest BCUT2D eigenvalue weighted by Crippen LogP contribution is -2.01. The maximum absolute atomic E-state index is 9.95. The lowest BCUT2D eigenvalue weighted by atomic mass is 10.1. The molecule has 0 fully saturated rings. The van der Waals surface area contributed by atoms with Crippen molar-refractivity contribution in [1.82, 2.24) is 4.57 Å². The molecule has 80 valence electrons. The number of rotatable bonds is 3. The van der Waals surface area contributed by atoms with Crippen LogP contribution in [0.25, 0.3) is 10.8 Å². The Kier molecular flexibility index (Phi) is 2.64. The number of aromatic hydroxyl groups is 1. The van der Waals surface area contributed by atoms with Crippen LogP contribution < -0.4 is 0 Å². The molecule has 0 aliphatic heterocycles. The van der Waals surface area contributed by atoms with Gasteiger partial charge >= 0.3 is 0 Å². The average Bonchev–Trinajstić information content (AvgIpc) is 2.55. The molecule has 0 unspecified atom stereocenters. The fourth-order valence-corrected chi connectivity index (χ4v) is 1.78. The Bertz CT molecular complexity index is 474. The van der Waals surface area contributed by atoms with Crippen molar-refractivity contribution in [2.75, 3.05) is 13.7 Å². The molecule has 0 spiro atoms. The van der Waals surface area contributed by atoms with Crippen LogP contribution in [0.2, 0.25) is 0 Å². The van der Waals surface area contributed by atoms with Gasteiger partial charge in [-0.05, 0) is 18.6 Å². The monoisotopic (exact) mass is 205 g/mol. The highest BCUT2D eigenvalue weighted by atomic mass is 16.5. The van der Waals surface area contributed by atoms with E-state index >= 15 is 0 Å². The van der Waals surface area contributed by atoms with Crippen molar-refractivity contribution in [2.45, 2.75) is 13.5 Å². The number of aromatic nitrogens is 1. The molecule has 1 aromatic carbocycles. The predicted molar refractivity (Wildman–Crippen MR) is 60.2 cm³/mol. The van der Waals surface area contributed by atoms with E-state index in [0.717, 1.165) is 10.8 Å². The van der Waals surface area contributed by atoms with E-state index in [1.54, 1.807) is 7.11 Å². The zero-order valence-electron chi connectivity index (χ0n) is 9.03. The van der Waals surface area contributed by atoms with Crippen LogP contribution in [-0.2, 0) is 11.3 Å². The maximum atomic E-state index is 9.95. The summed E-state index contributed by atoms with van der Waals surface area (Å²) in [4.78, 5) is 0. The zero-order valence-corrected chi connectivity index (χ0v) is 9.03. The van der Waals surface area contributed by atoms with Crippen LogP contribution >= 0.6 is 0 Å². The summed E-state index contributed by atoms with van der Waals surface area (Å²) in [6.45, 7) is 3.33. The van der Waals surface area contributed by atoms with Crippen LogP contribution in [0.4, 0.5) is 0 Å². The van der Waals surface area contributed by atoms with Crippen LogP contribution in [0.5, 0.6) is 5.88 Å². The SMILES string of the molecule is COCCn1cc2c(C)cccc2c1O. The smallest absolute Gasteiger partial charge is 0.199 e. The van der Waals surface area contributed by atoms with Crippen molar-refractivity contribution < 1.29 is 9.84 Å². The Morgan fingerprint density at radius 3 is 2.80 bits per heavy atom. The molecule has 0 saturated carbocycles. The molecule has 0 aliphatic rings. The highest BCUT2D eigenvalue weighted by molar-refractivity contribution is 5.90. The molecular formula is C12H15NO2. The van der Waals surface area contributed by atoms with E-state index in [1.165, 1.54) is 5.56 Å². The fourth-order valence-electron chi connectivity index (χ4n) is 1.78. The summed E-state index contributed by atoms with van der Waals surface area (Å²) in [6, 6.07) is 5.93. The molecule has 2 rings (SSSR count). The van der Waals surface area contributed by atoms with Crippen LogP contribution in [0, 0.1) is 6.92 Å². The topological polar surface area (TPSA) is 34.4 Å². The summed E-state index contributed by atoms with van der Waals surface area (Å²) in [6.07, 6.45) is 1.97. The summed E-state index contributed by atoms with van der Waals surface area (Å²) >= 11 is 0. The fraction of sp³-hybridized carbons (Fsp3) is 0.333. The molecule has 2 aromatic rings. The third-order valence-corrected chi connectivity index (χ3v) is 2.66. The quantitative estimate of drug-likeness (QED) is 0.834. The number of hydrogen-bond donors (Lipinski definition) is 1. The summed E-state index contributed by atoms with van der Waals surface area (Å²) in [5.41, 5.74) is 1.18. The second-order valence-electron chi connectivity index (χ2n) is 3.68. The van der Waals surface area contributed by atoms with Gasteiger partial charge in [0, 0.05) is 30.6 Å². The van der Waals surface area contributed by atoms with Gasteiger partial charge < -0.3 is 14.4 Å². The molecule has 0 aliphatic carbocycles. The Labute approximate surface area is 88.9 Å². The molecule has 0 bridgehead atoms. The first-order valence-corrected chi connectivity index (χ1v) is 5.00. The normalized spacial score (nSPS) is 11.1. The van der Waals surface area contributed by atoms with E-state index in [2.05, 4.69) is 0 Å². The molecule has 1 aromatic heterocycles. The largest absolute Gasteiger partial charge is 0.494 e. The van der Waals surface area contributed by atoms with Crippen LogP contribution in [0.15, 0.2) is 24.4 Å². The first-order chi connectivity index (χ1) is 7.24. The van der Waals surface area contributed by atoms with E-state index in [1.807, 2.05) is 35.9 Å². The van der Waals surface area contributed by atoms with Gasteiger partial charge in [-0.15, -0.1) is 0 Å². The van der Waals surface area contributed by atoms with Gasteiger partial charge in [-0.25, -0.2) is 0 Å². The van der Waals surface area contributed by atoms with E-state index in [0.29, 0.717) is 19.0 Å². The van der Waals surface area contributed by atoms with Gasteiger partial charge in [0.15, 0.2) is 5.88 Å². The number of methoxy groups -OCH3 is 1. The van der Waals surface area contributed by atoms with Crippen molar-refractivity contribution >= 4 is 10.8 Å². The first-order valence-electron chi connectivity index (χ1n) is 5.00. The maximum Gasteiger partial charge on any atom is 0.199 e. The van der Waals surface area contributed by atoms with Crippen molar-refractivity contribution in [3.8, 4) is 5.88 Å². The summed E-state index contributed by atoms with van der Waals surface area (Å²) in [5, 5.41) is 12.0. The van der Waals surface area contributed by atoms with Crippen molar-refractivity contribution in [3.63, 3.8) is 0 Å². The van der Waals surface area contributed by atoms with Crippen LogP contribution in [0.3, 0.4) is 0 Å². The highest BCUT2D eigenvalue weighted by Crippen LogP contribution is 2.28. The Morgan fingerprint density at radius 1 is 1.33 bits per heavy atom. The predicted octanol–water partition coefficient (Wildman–Crippen LogP) is 2.30. The van der Waals surface area contributed by atoms with Crippen LogP contribution in [0.1, 0.15) is 5.56 Å². The Balaban J connectivity index is 2.49. The number of hydrogen-bond acceptors (Lipinski definition) is 2. The lowest BCUT2D eigenvalue weighted by Gasteiger charge is -2.02. The molecule has 1 N–H and O–H groups in total. The zero-order chi connectivity index (χ0) is 10.8. The number of fused-ring (bicyclic) bond motifs is 1. The van der Waals surface area contributed by atoms with Crippen molar-refractivity contribution in [1.29, 1.82) is 0 Å². The molecule has 3 nitrogen and oxygen atoms in total. The number of nitrogens with zero attached hydrogens (tertiary/aromatic N) is 1. The third-order valence-electron chi connectivity index (χ3n) is 2.66. The lowest BCUT2D eigenvalue weighted by molar-refractivity contribution is 0.184. The molecular weight excluding hydrogens is 190 g/mol. The van der Waals surface area contributed by atoms with Gasteiger partial charge in [0.1, 0.15) is 0 Å². The van der Waals surface area contributed by atoms with Crippen molar-refractivity contribution in [2.24, 2.45) is 0 Å². The molecule has 0 radical (unpaired) electrons. The van der Waals surface area contributed by atoms with Gasteiger partial charge in [-0.3, -0.25) is 0 Å². The number of aryl methyl sites for hydroxylation is 1. The molecule has 0 saturated heterocycles. The van der Waals surface area contributed by atoms with Crippen molar-refractivity contribution in [3.05, 3.63) is 30.0 Å². The highest BCUT2D eigenvalue weighted by Gasteiger charge is 2.08. The second-order valence-corrected chi connectivity index (χ2v) is 3.68. The van der Waals surface area contributed by atoms with Gasteiger partial charge in [0.2, 0.25) is 0 Å². The molecule has 0 amide bonds. The Morgan fingerprint density at radius 2 is 2.13 bits per heavy atom. The molecule has 1 heterocycles. The summed E-state index contributed by atoms with van der Waals surface area (Å²) in [7, 11) is 1.66. The summed E-state index contributed by atoms with van der Waals surface area (Å²) < 4.78 is 6.82. The minimum Gasteiger partial charge on any atom is -0.494 e. The van der Waals surface area contributed by atoms with E-state index in [9.17, 15) is 5.11 Å². The Hall–Kier alpha value is -1.48. The van der Waals surface area contributed by atoms with E-state index < -0.39 is 0 Å². The second kappa shape index (κ2) is 3.95. The molecule has 3 heteroatoms. The third kappa shape index (κ3) is 1.70. The van der Waals surface area contributed by atoms with E-state index in [-0.39, 0.29) is 0 Å². The molecule has 15 heavy (non-hydrogen) atoms. The van der Waals surface area contributed by atoms with Gasteiger partial charge in [-0.1, -0.05) is 12.1 Å². The number of ether oxygens (including phenoxy) is 1. The van der Waals surface area contributed by atoms with E-state index in [4.69, 9.17) is 4.74 Å². The average molecular weight is 205 g/mol. The van der Waals surface area contributed by atoms with Crippen LogP contribution in [-0.4, -0.2) is 23.4 Å². The molecule has 0 atom stereocenters. The van der Waals surface area contributed by atoms with Gasteiger partial charge in [0.05, 0.1) is 6.61 Å². The minimum absolute atomic E-state index is 0.325. The minimum atomic E-state index is 0.325. The first kappa shape index (κ1) is 10.1. The summed E-state index contributed by atoms with van der Waals surface area (Å²) in [5.74, 6) is 0.325.